The van der Waals surface area contributed by atoms with Crippen LogP contribution in [0.2, 0.25) is 5.02 Å². The van der Waals surface area contributed by atoms with Gasteiger partial charge in [-0.1, -0.05) is 23.7 Å². The summed E-state index contributed by atoms with van der Waals surface area (Å²) >= 11 is 6.07. The number of hydrogen-bond acceptors (Lipinski definition) is 7. The maximum Gasteiger partial charge on any atom is 0.308 e. The summed E-state index contributed by atoms with van der Waals surface area (Å²) in [6, 6.07) is 18.4. The van der Waals surface area contributed by atoms with Crippen LogP contribution < -0.4 is 14.4 Å². The van der Waals surface area contributed by atoms with E-state index in [0.29, 0.717) is 33.0 Å². The summed E-state index contributed by atoms with van der Waals surface area (Å²) in [4.78, 5) is 40.0. The molecule has 1 N–H and O–H groups in total. The van der Waals surface area contributed by atoms with Gasteiger partial charge in [-0.25, -0.2) is 0 Å². The average molecular weight is 518 g/mol. The smallest absolute Gasteiger partial charge is 0.308 e. The molecular formula is C28H20ClNO7. The molecule has 2 heterocycles. The number of benzene rings is 3. The molecule has 1 aromatic heterocycles. The minimum absolute atomic E-state index is 0.0654. The molecule has 37 heavy (non-hydrogen) atoms. The summed E-state index contributed by atoms with van der Waals surface area (Å²) in [7, 11) is 1.52. The molecule has 0 aliphatic carbocycles. The number of hydrogen-bond donors (Lipinski definition) is 1. The van der Waals surface area contributed by atoms with E-state index in [4.69, 9.17) is 25.5 Å². The number of carbonyl (C=O) groups excluding carboxylic acids is 3. The number of fused-ring (bicyclic) bond motifs is 1. The van der Waals surface area contributed by atoms with Gasteiger partial charge in [0.2, 0.25) is 5.78 Å². The maximum absolute atomic E-state index is 13.8. The zero-order valence-corrected chi connectivity index (χ0v) is 20.5. The number of ether oxygens (including phenoxy) is 2. The SMILES string of the molecule is COc1ccc(N2C(=O)C(O)=C(C(=O)c3cc4cc(Cl)ccc4o3)C2c2cccc(OC(C)=O)c2)cc1. The largest absolute Gasteiger partial charge is 0.503 e. The van der Waals surface area contributed by atoms with E-state index in [-0.39, 0.29) is 17.1 Å². The molecular weight excluding hydrogens is 498 g/mol. The normalized spacial score (nSPS) is 15.4. The first-order valence-electron chi connectivity index (χ1n) is 11.2. The Morgan fingerprint density at radius 1 is 1.00 bits per heavy atom. The summed E-state index contributed by atoms with van der Waals surface area (Å²) in [6.07, 6.45) is 0. The van der Waals surface area contributed by atoms with E-state index < -0.39 is 29.5 Å². The fraction of sp³-hybridized carbons (Fsp3) is 0.107. The van der Waals surface area contributed by atoms with Crippen molar-refractivity contribution in [2.45, 2.75) is 13.0 Å². The standard InChI is InChI=1S/C28H20ClNO7/c1-15(31)36-21-5-3-4-16(13-21)25-24(26(32)23-14-17-12-18(29)6-11-22(17)37-23)27(33)28(34)30(25)19-7-9-20(35-2)10-8-19/h3-14,25,33H,1-2H3. The zero-order valence-electron chi connectivity index (χ0n) is 19.7. The molecule has 8 nitrogen and oxygen atoms in total. The van der Waals surface area contributed by atoms with Crippen molar-refractivity contribution in [3.63, 3.8) is 0 Å². The molecule has 5 rings (SSSR count). The van der Waals surface area contributed by atoms with Gasteiger partial charge in [-0.2, -0.15) is 0 Å². The number of methoxy groups -OCH3 is 1. The number of ketones is 1. The van der Waals surface area contributed by atoms with Gasteiger partial charge >= 0.3 is 5.97 Å². The highest BCUT2D eigenvalue weighted by Gasteiger charge is 2.45. The molecule has 186 valence electrons. The van der Waals surface area contributed by atoms with Gasteiger partial charge < -0.3 is 19.0 Å². The molecule has 0 bridgehead atoms. The number of halogens is 1. The molecule has 0 spiro atoms. The van der Waals surface area contributed by atoms with Gasteiger partial charge in [-0.3, -0.25) is 19.3 Å². The van der Waals surface area contributed by atoms with Crippen LogP contribution in [0.25, 0.3) is 11.0 Å². The summed E-state index contributed by atoms with van der Waals surface area (Å²) in [5, 5.41) is 12.0. The Bertz CT molecular complexity index is 1590. The third kappa shape index (κ3) is 4.43. The van der Waals surface area contributed by atoms with Crippen LogP contribution in [-0.4, -0.2) is 29.9 Å². The van der Waals surface area contributed by atoms with E-state index in [1.807, 2.05) is 0 Å². The quantitative estimate of drug-likeness (QED) is 0.195. The highest BCUT2D eigenvalue weighted by molar-refractivity contribution is 6.31. The zero-order chi connectivity index (χ0) is 26.3. The van der Waals surface area contributed by atoms with Crippen molar-refractivity contribution in [1.29, 1.82) is 0 Å². The Labute approximate surface area is 216 Å². The maximum atomic E-state index is 13.8. The lowest BCUT2D eigenvalue weighted by Crippen LogP contribution is -2.31. The van der Waals surface area contributed by atoms with Crippen molar-refractivity contribution in [2.75, 3.05) is 12.0 Å². The van der Waals surface area contributed by atoms with Gasteiger partial charge in [0.05, 0.1) is 18.7 Å². The number of furan rings is 1. The molecule has 0 saturated heterocycles. The predicted octanol–water partition coefficient (Wildman–Crippen LogP) is 5.80. The van der Waals surface area contributed by atoms with E-state index in [9.17, 15) is 19.5 Å². The fourth-order valence-corrected chi connectivity index (χ4v) is 4.52. The number of carbonyl (C=O) groups is 3. The van der Waals surface area contributed by atoms with Crippen LogP contribution in [0.1, 0.15) is 29.1 Å². The van der Waals surface area contributed by atoms with Crippen molar-refractivity contribution in [1.82, 2.24) is 0 Å². The van der Waals surface area contributed by atoms with Gasteiger partial charge in [-0.05, 0) is 66.2 Å². The van der Waals surface area contributed by atoms with E-state index in [1.54, 1.807) is 66.7 Å². The van der Waals surface area contributed by atoms with Crippen molar-refractivity contribution >= 4 is 45.9 Å². The Morgan fingerprint density at radius 3 is 2.46 bits per heavy atom. The van der Waals surface area contributed by atoms with Gasteiger partial charge in [0.1, 0.15) is 17.1 Å². The highest BCUT2D eigenvalue weighted by Crippen LogP contribution is 2.43. The van der Waals surface area contributed by atoms with Crippen molar-refractivity contribution in [2.24, 2.45) is 0 Å². The third-order valence-corrected chi connectivity index (χ3v) is 6.18. The second kappa shape index (κ2) is 9.48. The first-order chi connectivity index (χ1) is 17.8. The molecule has 1 aliphatic heterocycles. The number of Topliss-reactive ketones (excluding diaryl/α,β-unsaturated/α-hetero) is 1. The van der Waals surface area contributed by atoms with Gasteiger partial charge in [0.25, 0.3) is 5.91 Å². The van der Waals surface area contributed by atoms with E-state index in [2.05, 4.69) is 0 Å². The Balaban J connectivity index is 1.65. The number of amides is 1. The Morgan fingerprint density at radius 2 is 1.76 bits per heavy atom. The number of rotatable bonds is 6. The van der Waals surface area contributed by atoms with E-state index in [1.165, 1.54) is 25.0 Å². The first-order valence-corrected chi connectivity index (χ1v) is 11.6. The molecule has 9 heteroatoms. The number of aliphatic hydroxyl groups excluding tert-OH is 1. The molecule has 0 fully saturated rings. The molecule has 1 unspecified atom stereocenters. The molecule has 1 aliphatic rings. The lowest BCUT2D eigenvalue weighted by molar-refractivity contribution is -0.131. The molecule has 1 atom stereocenters. The van der Waals surface area contributed by atoms with Crippen LogP contribution in [0.15, 0.2) is 88.5 Å². The number of esters is 1. The van der Waals surface area contributed by atoms with Crippen LogP contribution in [-0.2, 0) is 9.59 Å². The van der Waals surface area contributed by atoms with E-state index in [0.717, 1.165) is 0 Å². The minimum atomic E-state index is -1.04. The molecule has 3 aromatic carbocycles. The highest BCUT2D eigenvalue weighted by atomic mass is 35.5. The van der Waals surface area contributed by atoms with Crippen LogP contribution in [0.3, 0.4) is 0 Å². The lowest BCUT2D eigenvalue weighted by atomic mass is 9.94. The predicted molar refractivity (Wildman–Crippen MR) is 136 cm³/mol. The van der Waals surface area contributed by atoms with Crippen molar-refractivity contribution in [3.05, 3.63) is 100 Å². The van der Waals surface area contributed by atoms with Crippen molar-refractivity contribution in [3.8, 4) is 11.5 Å². The Hall–Kier alpha value is -4.56. The number of aliphatic hydroxyl groups is 1. The summed E-state index contributed by atoms with van der Waals surface area (Å²) in [5.41, 5.74) is 1.11. The second-order valence-electron chi connectivity index (χ2n) is 8.33. The third-order valence-electron chi connectivity index (χ3n) is 5.94. The summed E-state index contributed by atoms with van der Waals surface area (Å²) in [6.45, 7) is 1.27. The fourth-order valence-electron chi connectivity index (χ4n) is 4.33. The average Bonchev–Trinajstić information content (AvgIpc) is 3.42. The summed E-state index contributed by atoms with van der Waals surface area (Å²) in [5.74, 6) is -1.94. The van der Waals surface area contributed by atoms with Gasteiger partial charge in [-0.15, -0.1) is 0 Å². The number of anilines is 1. The monoisotopic (exact) mass is 517 g/mol. The van der Waals surface area contributed by atoms with Crippen LogP contribution in [0.4, 0.5) is 5.69 Å². The lowest BCUT2D eigenvalue weighted by Gasteiger charge is -2.27. The first kappa shape index (κ1) is 24.1. The minimum Gasteiger partial charge on any atom is -0.503 e. The van der Waals surface area contributed by atoms with Gasteiger partial charge in [0, 0.05) is 23.0 Å². The van der Waals surface area contributed by atoms with Crippen LogP contribution >= 0.6 is 11.6 Å². The van der Waals surface area contributed by atoms with E-state index >= 15 is 0 Å². The number of nitrogens with zero attached hydrogens (tertiary/aromatic N) is 1. The Kier molecular flexibility index (Phi) is 6.19. The molecule has 1 amide bonds. The topological polar surface area (TPSA) is 106 Å². The van der Waals surface area contributed by atoms with Crippen molar-refractivity contribution < 1.29 is 33.4 Å². The second-order valence-corrected chi connectivity index (χ2v) is 8.76. The van der Waals surface area contributed by atoms with Crippen LogP contribution in [0.5, 0.6) is 11.5 Å². The van der Waals surface area contributed by atoms with Gasteiger partial charge in [0.15, 0.2) is 11.5 Å². The molecule has 0 radical (unpaired) electrons. The molecule has 4 aromatic rings. The summed E-state index contributed by atoms with van der Waals surface area (Å²) < 4.78 is 16.2. The van der Waals surface area contributed by atoms with Crippen LogP contribution in [0, 0.1) is 0 Å². The molecule has 0 saturated carbocycles.